The molecule has 2 aromatic rings. The van der Waals surface area contributed by atoms with Gasteiger partial charge in [0.15, 0.2) is 0 Å². The average molecular weight is 396 g/mol. The minimum atomic E-state index is -0.146. The van der Waals surface area contributed by atoms with E-state index < -0.39 is 0 Å². The number of ether oxygens (including phenoxy) is 2. The van der Waals surface area contributed by atoms with Crippen LogP contribution in [0, 0.1) is 0 Å². The second kappa shape index (κ2) is 8.81. The molecule has 6 nitrogen and oxygen atoms in total. The number of aromatic nitrogens is 1. The van der Waals surface area contributed by atoms with Crippen molar-refractivity contribution in [3.05, 3.63) is 44.9 Å². The Labute approximate surface area is 162 Å². The molecule has 1 aliphatic rings. The maximum absolute atomic E-state index is 12.7. The second-order valence-electron chi connectivity index (χ2n) is 6.13. The molecule has 8 heteroatoms. The summed E-state index contributed by atoms with van der Waals surface area (Å²) in [7, 11) is 3.29. The summed E-state index contributed by atoms with van der Waals surface area (Å²) in [4.78, 5) is 21.4. The van der Waals surface area contributed by atoms with Gasteiger partial charge in [0.05, 0.1) is 44.7 Å². The molecule has 1 aromatic carbocycles. The first kappa shape index (κ1) is 19.1. The van der Waals surface area contributed by atoms with Gasteiger partial charge in [-0.15, -0.1) is 11.3 Å². The van der Waals surface area contributed by atoms with E-state index in [-0.39, 0.29) is 5.91 Å². The third-order valence-corrected chi connectivity index (χ3v) is 5.32. The van der Waals surface area contributed by atoms with Gasteiger partial charge in [0.1, 0.15) is 10.8 Å². The first-order valence-electron chi connectivity index (χ1n) is 8.39. The molecule has 140 valence electrons. The maximum atomic E-state index is 12.7. The van der Waals surface area contributed by atoms with Crippen LogP contribution in [0.25, 0.3) is 0 Å². The Hall–Kier alpha value is -1.67. The van der Waals surface area contributed by atoms with Gasteiger partial charge in [-0.3, -0.25) is 9.69 Å². The zero-order chi connectivity index (χ0) is 18.5. The molecule has 3 rings (SSSR count). The summed E-state index contributed by atoms with van der Waals surface area (Å²) in [5, 5.41) is 3.57. The van der Waals surface area contributed by atoms with Gasteiger partial charge < -0.3 is 14.4 Å². The van der Waals surface area contributed by atoms with E-state index in [1.54, 1.807) is 48.6 Å². The summed E-state index contributed by atoms with van der Waals surface area (Å²) in [6.45, 7) is 4.68. The molecular formula is C18H22ClN3O3S. The summed E-state index contributed by atoms with van der Waals surface area (Å²) in [6, 6.07) is 5.03. The third kappa shape index (κ3) is 4.73. The number of amides is 1. The van der Waals surface area contributed by atoms with Crippen molar-refractivity contribution in [1.82, 2.24) is 14.8 Å². The van der Waals surface area contributed by atoms with Gasteiger partial charge in [0.25, 0.3) is 5.91 Å². The van der Waals surface area contributed by atoms with Gasteiger partial charge in [-0.1, -0.05) is 11.6 Å². The fraction of sp³-hybridized carbons (Fsp3) is 0.444. The molecule has 0 saturated carbocycles. The summed E-state index contributed by atoms with van der Waals surface area (Å²) in [6.07, 6.45) is 0. The van der Waals surface area contributed by atoms with Crippen molar-refractivity contribution in [2.24, 2.45) is 0 Å². The first-order valence-corrected chi connectivity index (χ1v) is 9.65. The molecule has 0 bridgehead atoms. The zero-order valence-electron chi connectivity index (χ0n) is 14.9. The lowest BCUT2D eigenvalue weighted by atomic mass is 10.1. The SMILES string of the molecule is COc1ccc(Cl)cc1C(=O)N(C)Cc1csc(CN2CCOCC2)n1. The van der Waals surface area contributed by atoms with Crippen LogP contribution >= 0.6 is 22.9 Å². The van der Waals surface area contributed by atoms with Crippen LogP contribution in [0.1, 0.15) is 21.1 Å². The predicted octanol–water partition coefficient (Wildman–Crippen LogP) is 2.91. The van der Waals surface area contributed by atoms with Crippen LogP contribution in [-0.2, 0) is 17.8 Å². The van der Waals surface area contributed by atoms with Crippen LogP contribution in [0.4, 0.5) is 0 Å². The molecule has 1 aromatic heterocycles. The summed E-state index contributed by atoms with van der Waals surface area (Å²) in [5.41, 5.74) is 1.33. The fourth-order valence-electron chi connectivity index (χ4n) is 2.81. The normalized spacial score (nSPS) is 15.0. The van der Waals surface area contributed by atoms with Crippen LogP contribution < -0.4 is 4.74 Å². The summed E-state index contributed by atoms with van der Waals surface area (Å²) in [5.74, 6) is 0.365. The number of carbonyl (C=O) groups is 1. The number of hydrogen-bond acceptors (Lipinski definition) is 6. The Bertz CT molecular complexity index is 762. The van der Waals surface area contributed by atoms with Gasteiger partial charge in [-0.2, -0.15) is 0 Å². The van der Waals surface area contributed by atoms with Gasteiger partial charge in [0.2, 0.25) is 0 Å². The molecule has 1 amide bonds. The Morgan fingerprint density at radius 2 is 2.19 bits per heavy atom. The summed E-state index contributed by atoms with van der Waals surface area (Å²) < 4.78 is 10.6. The lowest BCUT2D eigenvalue weighted by molar-refractivity contribution is 0.0341. The number of benzene rings is 1. The van der Waals surface area contributed by atoms with Gasteiger partial charge in [0, 0.05) is 30.5 Å². The molecule has 0 atom stereocenters. The zero-order valence-corrected chi connectivity index (χ0v) is 16.5. The van der Waals surface area contributed by atoms with E-state index in [2.05, 4.69) is 9.88 Å². The van der Waals surface area contributed by atoms with Crippen LogP contribution in [0.2, 0.25) is 5.02 Å². The number of methoxy groups -OCH3 is 1. The number of nitrogens with zero attached hydrogens (tertiary/aromatic N) is 3. The van der Waals surface area contributed by atoms with E-state index in [1.807, 2.05) is 5.38 Å². The van der Waals surface area contributed by atoms with Crippen LogP contribution in [0.15, 0.2) is 23.6 Å². The Balaban J connectivity index is 1.63. The van der Waals surface area contributed by atoms with Crippen molar-refractivity contribution in [3.8, 4) is 5.75 Å². The summed E-state index contributed by atoms with van der Waals surface area (Å²) >= 11 is 7.65. The van der Waals surface area contributed by atoms with Crippen molar-refractivity contribution in [2.45, 2.75) is 13.1 Å². The average Bonchev–Trinajstić information content (AvgIpc) is 3.08. The van der Waals surface area contributed by atoms with E-state index in [4.69, 9.17) is 21.1 Å². The first-order chi connectivity index (χ1) is 12.6. The van der Waals surface area contributed by atoms with Crippen LogP contribution in [-0.4, -0.2) is 61.2 Å². The molecule has 1 fully saturated rings. The Kier molecular flexibility index (Phi) is 6.48. The van der Waals surface area contributed by atoms with Crippen molar-refractivity contribution >= 4 is 28.8 Å². The lowest BCUT2D eigenvalue weighted by Gasteiger charge is -2.25. The smallest absolute Gasteiger partial charge is 0.257 e. The quantitative estimate of drug-likeness (QED) is 0.752. The van der Waals surface area contributed by atoms with Crippen molar-refractivity contribution < 1.29 is 14.3 Å². The third-order valence-electron chi connectivity index (χ3n) is 4.20. The standard InChI is InChI=1S/C18H22ClN3O3S/c1-21(18(23)15-9-13(19)3-4-16(15)24-2)10-14-12-26-17(20-14)11-22-5-7-25-8-6-22/h3-4,9,12H,5-8,10-11H2,1-2H3. The topological polar surface area (TPSA) is 54.9 Å². The largest absolute Gasteiger partial charge is 0.496 e. The van der Waals surface area contributed by atoms with Crippen molar-refractivity contribution in [3.63, 3.8) is 0 Å². The molecule has 1 saturated heterocycles. The van der Waals surface area contributed by atoms with E-state index >= 15 is 0 Å². The van der Waals surface area contributed by atoms with Gasteiger partial charge in [-0.25, -0.2) is 4.98 Å². The minimum Gasteiger partial charge on any atom is -0.496 e. The number of carbonyl (C=O) groups excluding carboxylic acids is 1. The molecular weight excluding hydrogens is 374 g/mol. The highest BCUT2D eigenvalue weighted by Gasteiger charge is 2.19. The van der Waals surface area contributed by atoms with Crippen LogP contribution in [0.5, 0.6) is 5.75 Å². The van der Waals surface area contributed by atoms with E-state index in [0.29, 0.717) is 22.9 Å². The molecule has 0 spiro atoms. The molecule has 0 unspecified atom stereocenters. The lowest BCUT2D eigenvalue weighted by Crippen LogP contribution is -2.35. The minimum absolute atomic E-state index is 0.146. The number of morpholine rings is 1. The molecule has 2 heterocycles. The number of hydrogen-bond donors (Lipinski definition) is 0. The van der Waals surface area contributed by atoms with E-state index in [0.717, 1.165) is 43.5 Å². The Morgan fingerprint density at radius 3 is 2.92 bits per heavy atom. The van der Waals surface area contributed by atoms with Crippen molar-refractivity contribution in [2.75, 3.05) is 40.5 Å². The Morgan fingerprint density at radius 1 is 1.42 bits per heavy atom. The number of halogens is 1. The van der Waals surface area contributed by atoms with E-state index in [1.165, 1.54) is 0 Å². The molecule has 0 radical (unpaired) electrons. The van der Waals surface area contributed by atoms with Gasteiger partial charge in [-0.05, 0) is 18.2 Å². The fourth-order valence-corrected chi connectivity index (χ4v) is 3.81. The highest BCUT2D eigenvalue weighted by molar-refractivity contribution is 7.09. The maximum Gasteiger partial charge on any atom is 0.257 e. The predicted molar refractivity (Wildman–Crippen MR) is 102 cm³/mol. The monoisotopic (exact) mass is 395 g/mol. The molecule has 26 heavy (non-hydrogen) atoms. The molecule has 1 aliphatic heterocycles. The highest BCUT2D eigenvalue weighted by atomic mass is 35.5. The number of rotatable bonds is 6. The second-order valence-corrected chi connectivity index (χ2v) is 7.51. The number of thiazole rings is 1. The molecule has 0 aliphatic carbocycles. The highest BCUT2D eigenvalue weighted by Crippen LogP contribution is 2.24. The molecule has 0 N–H and O–H groups in total. The van der Waals surface area contributed by atoms with E-state index in [9.17, 15) is 4.79 Å². The van der Waals surface area contributed by atoms with Crippen molar-refractivity contribution in [1.29, 1.82) is 0 Å². The van der Waals surface area contributed by atoms with Gasteiger partial charge >= 0.3 is 0 Å². The van der Waals surface area contributed by atoms with Crippen LogP contribution in [0.3, 0.4) is 0 Å².